The largest absolute Gasteiger partial charge is 0.448 e. The summed E-state index contributed by atoms with van der Waals surface area (Å²) in [7, 11) is -0.785. The van der Waals surface area contributed by atoms with Crippen LogP contribution in [-0.4, -0.2) is 49.8 Å². The van der Waals surface area contributed by atoms with Crippen molar-refractivity contribution in [2.24, 2.45) is 0 Å². The van der Waals surface area contributed by atoms with Crippen LogP contribution in [0, 0.1) is 0 Å². The molecule has 1 heterocycles. The number of ether oxygens (including phenoxy) is 1. The lowest BCUT2D eigenvalue weighted by atomic mass is 10.2. The number of carbonyl (C=O) groups is 2. The van der Waals surface area contributed by atoms with Gasteiger partial charge in [0.25, 0.3) is 5.91 Å². The van der Waals surface area contributed by atoms with Crippen molar-refractivity contribution in [3.8, 4) is 0 Å². The van der Waals surface area contributed by atoms with Crippen molar-refractivity contribution in [3.63, 3.8) is 0 Å². The Morgan fingerprint density at radius 2 is 1.79 bits per heavy atom. The first-order chi connectivity index (χ1) is 13.7. The fourth-order valence-corrected chi connectivity index (χ4v) is 3.60. The Hall–Kier alpha value is -3.17. The van der Waals surface area contributed by atoms with Crippen molar-refractivity contribution in [2.75, 3.05) is 19.4 Å². The third kappa shape index (κ3) is 4.47. The predicted molar refractivity (Wildman–Crippen MR) is 109 cm³/mol. The fourth-order valence-electron chi connectivity index (χ4n) is 2.65. The highest BCUT2D eigenvalue weighted by Crippen LogP contribution is 2.19. The molecule has 1 amide bonds. The highest BCUT2D eigenvalue weighted by Gasteiger charge is 2.22. The lowest BCUT2D eigenvalue weighted by Crippen LogP contribution is -2.30. The third-order valence-corrected chi connectivity index (χ3v) is 6.09. The minimum Gasteiger partial charge on any atom is -0.448 e. The zero-order chi connectivity index (χ0) is 21.2. The van der Waals surface area contributed by atoms with Crippen molar-refractivity contribution in [2.45, 2.75) is 17.9 Å². The zero-order valence-electron chi connectivity index (χ0n) is 16.2. The molecule has 152 valence electrons. The Labute approximate surface area is 168 Å². The number of H-pyrrole nitrogens is 1. The molecule has 0 fully saturated rings. The van der Waals surface area contributed by atoms with Crippen LogP contribution < -0.4 is 5.32 Å². The Morgan fingerprint density at radius 1 is 1.07 bits per heavy atom. The van der Waals surface area contributed by atoms with Gasteiger partial charge in [0.1, 0.15) is 5.69 Å². The van der Waals surface area contributed by atoms with Gasteiger partial charge in [0.05, 0.1) is 4.90 Å². The molecule has 0 aliphatic rings. The highest BCUT2D eigenvalue weighted by atomic mass is 32.2. The molecule has 0 aliphatic carbocycles. The molecule has 8 nitrogen and oxygen atoms in total. The molecule has 1 aromatic heterocycles. The van der Waals surface area contributed by atoms with Crippen LogP contribution in [0.15, 0.2) is 59.5 Å². The Kier molecular flexibility index (Phi) is 5.71. The van der Waals surface area contributed by atoms with E-state index in [1.165, 1.54) is 39.2 Å². The van der Waals surface area contributed by atoms with Crippen molar-refractivity contribution in [3.05, 3.63) is 60.3 Å². The van der Waals surface area contributed by atoms with Crippen LogP contribution in [0.1, 0.15) is 17.4 Å². The van der Waals surface area contributed by atoms with Gasteiger partial charge in [-0.25, -0.2) is 17.5 Å². The van der Waals surface area contributed by atoms with Gasteiger partial charge in [0, 0.05) is 30.7 Å². The first-order valence-electron chi connectivity index (χ1n) is 8.80. The van der Waals surface area contributed by atoms with Crippen LogP contribution >= 0.6 is 0 Å². The van der Waals surface area contributed by atoms with E-state index in [9.17, 15) is 18.0 Å². The van der Waals surface area contributed by atoms with Gasteiger partial charge in [-0.05, 0) is 37.3 Å². The fraction of sp³-hybridized carbons (Fsp3) is 0.200. The average molecular weight is 415 g/mol. The molecule has 2 N–H and O–H groups in total. The lowest BCUT2D eigenvalue weighted by Gasteiger charge is -2.15. The van der Waals surface area contributed by atoms with Gasteiger partial charge in [0.15, 0.2) is 6.10 Å². The number of carbonyl (C=O) groups excluding carboxylic acids is 2. The van der Waals surface area contributed by atoms with Gasteiger partial charge in [0.2, 0.25) is 10.0 Å². The number of hydrogen-bond acceptors (Lipinski definition) is 5. The number of amides is 1. The molecule has 1 atom stereocenters. The summed E-state index contributed by atoms with van der Waals surface area (Å²) in [5.74, 6) is -1.23. The highest BCUT2D eigenvalue weighted by molar-refractivity contribution is 7.89. The van der Waals surface area contributed by atoms with E-state index in [0.29, 0.717) is 0 Å². The summed E-state index contributed by atoms with van der Waals surface area (Å²) < 4.78 is 30.8. The van der Waals surface area contributed by atoms with Crippen LogP contribution in [0.2, 0.25) is 0 Å². The summed E-state index contributed by atoms with van der Waals surface area (Å²) in [6.07, 6.45) is -1.08. The van der Waals surface area contributed by atoms with E-state index in [1.54, 1.807) is 12.1 Å². The smallest absolute Gasteiger partial charge is 0.355 e. The second-order valence-corrected chi connectivity index (χ2v) is 8.77. The van der Waals surface area contributed by atoms with Gasteiger partial charge in [-0.1, -0.05) is 24.3 Å². The van der Waals surface area contributed by atoms with E-state index in [-0.39, 0.29) is 16.3 Å². The zero-order valence-corrected chi connectivity index (χ0v) is 17.0. The normalized spacial score (nSPS) is 12.7. The topological polar surface area (TPSA) is 109 Å². The molecule has 1 unspecified atom stereocenters. The van der Waals surface area contributed by atoms with Gasteiger partial charge in [-0.15, -0.1) is 0 Å². The first kappa shape index (κ1) is 20.6. The molecule has 0 radical (unpaired) electrons. The standard InChI is InChI=1S/C20H21N3O5S/c1-13(28-20(25)18-11-14-7-4-5-10-17(14)22-18)19(24)21-15-8-6-9-16(12-15)29(26,27)23(2)3/h4-13,22H,1-3H3,(H,21,24). The molecule has 0 spiro atoms. The monoisotopic (exact) mass is 415 g/mol. The molecular weight excluding hydrogens is 394 g/mol. The molecule has 0 bridgehead atoms. The summed E-state index contributed by atoms with van der Waals surface area (Å²) in [6.45, 7) is 1.44. The maximum atomic E-state index is 12.4. The number of nitrogens with one attached hydrogen (secondary N) is 2. The van der Waals surface area contributed by atoms with Crippen LogP contribution in [0.3, 0.4) is 0 Å². The third-order valence-electron chi connectivity index (χ3n) is 4.28. The number of fused-ring (bicyclic) bond motifs is 1. The number of aromatic amines is 1. The van der Waals surface area contributed by atoms with Crippen molar-refractivity contribution >= 4 is 38.5 Å². The quantitative estimate of drug-likeness (QED) is 0.602. The molecule has 3 rings (SSSR count). The van der Waals surface area contributed by atoms with Crippen molar-refractivity contribution in [1.82, 2.24) is 9.29 Å². The summed E-state index contributed by atoms with van der Waals surface area (Å²) in [5.41, 5.74) is 1.31. The Bertz CT molecular complexity index is 1130. The predicted octanol–water partition coefficient (Wildman–Crippen LogP) is 2.60. The SMILES string of the molecule is CC(OC(=O)c1cc2ccccc2[nH]1)C(=O)Nc1cccc(S(=O)(=O)N(C)C)c1. The van der Waals surface area contributed by atoms with Gasteiger partial charge >= 0.3 is 5.97 Å². The number of anilines is 1. The Balaban J connectivity index is 1.68. The number of benzene rings is 2. The summed E-state index contributed by atoms with van der Waals surface area (Å²) in [5, 5.41) is 3.42. The van der Waals surface area contributed by atoms with Crippen LogP contribution in [0.25, 0.3) is 10.9 Å². The number of rotatable bonds is 6. The molecule has 0 saturated heterocycles. The van der Waals surface area contributed by atoms with Crippen molar-refractivity contribution < 1.29 is 22.7 Å². The van der Waals surface area contributed by atoms with E-state index < -0.39 is 28.0 Å². The van der Waals surface area contributed by atoms with Crippen molar-refractivity contribution in [1.29, 1.82) is 0 Å². The molecule has 0 saturated carbocycles. The van der Waals surface area contributed by atoms with Gasteiger partial charge in [-0.3, -0.25) is 4.79 Å². The van der Waals surface area contributed by atoms with E-state index in [0.717, 1.165) is 15.2 Å². The summed E-state index contributed by atoms with van der Waals surface area (Å²) >= 11 is 0. The van der Waals surface area contributed by atoms with Crippen LogP contribution in [0.5, 0.6) is 0 Å². The number of aromatic nitrogens is 1. The number of para-hydroxylation sites is 1. The number of sulfonamides is 1. The van der Waals surface area contributed by atoms with E-state index in [1.807, 2.05) is 24.3 Å². The lowest BCUT2D eigenvalue weighted by molar-refractivity contribution is -0.123. The molecule has 3 aromatic rings. The maximum absolute atomic E-state index is 12.4. The summed E-state index contributed by atoms with van der Waals surface area (Å²) in [4.78, 5) is 27.7. The van der Waals surface area contributed by atoms with Gasteiger partial charge in [-0.2, -0.15) is 0 Å². The average Bonchev–Trinajstić information content (AvgIpc) is 3.12. The minimum atomic E-state index is -3.63. The number of nitrogens with zero attached hydrogens (tertiary/aromatic N) is 1. The molecule has 9 heteroatoms. The maximum Gasteiger partial charge on any atom is 0.355 e. The van der Waals surface area contributed by atoms with E-state index >= 15 is 0 Å². The molecule has 0 aliphatic heterocycles. The van der Waals surface area contributed by atoms with E-state index in [4.69, 9.17) is 4.74 Å². The molecule has 29 heavy (non-hydrogen) atoms. The number of esters is 1. The molecule has 2 aromatic carbocycles. The van der Waals surface area contributed by atoms with Gasteiger partial charge < -0.3 is 15.0 Å². The van der Waals surface area contributed by atoms with E-state index in [2.05, 4.69) is 10.3 Å². The summed E-state index contributed by atoms with van der Waals surface area (Å²) in [6, 6.07) is 14.9. The second kappa shape index (κ2) is 8.06. The second-order valence-electron chi connectivity index (χ2n) is 6.62. The minimum absolute atomic E-state index is 0.0445. The number of hydrogen-bond donors (Lipinski definition) is 2. The molecular formula is C20H21N3O5S. The van der Waals surface area contributed by atoms with Crippen LogP contribution in [0.4, 0.5) is 5.69 Å². The Morgan fingerprint density at radius 3 is 2.48 bits per heavy atom. The first-order valence-corrected chi connectivity index (χ1v) is 10.2. The van der Waals surface area contributed by atoms with Crippen LogP contribution in [-0.2, 0) is 19.6 Å².